The second-order valence-electron chi connectivity index (χ2n) is 6.21. The van der Waals surface area contributed by atoms with Gasteiger partial charge >= 0.3 is 5.97 Å². The summed E-state index contributed by atoms with van der Waals surface area (Å²) in [6.45, 7) is 5.83. The number of hydrogen-bond acceptors (Lipinski definition) is 6. The van der Waals surface area contributed by atoms with Crippen molar-refractivity contribution in [3.63, 3.8) is 0 Å². The van der Waals surface area contributed by atoms with Crippen molar-refractivity contribution in [2.45, 2.75) is 33.2 Å². The molecular weight excluding hydrogens is 360 g/mol. The zero-order valence-corrected chi connectivity index (χ0v) is 17.0. The van der Waals surface area contributed by atoms with Gasteiger partial charge in [-0.05, 0) is 62.6 Å². The van der Waals surface area contributed by atoms with Gasteiger partial charge in [-0.1, -0.05) is 12.1 Å². The predicted octanol–water partition coefficient (Wildman–Crippen LogP) is 4.31. The van der Waals surface area contributed by atoms with Crippen LogP contribution in [0.1, 0.15) is 43.1 Å². The Morgan fingerprint density at radius 2 is 2.00 bits per heavy atom. The van der Waals surface area contributed by atoms with Gasteiger partial charge in [0.1, 0.15) is 10.8 Å². The number of carbonyl (C=O) groups excluding carboxylic acids is 1. The molecule has 1 heterocycles. The predicted molar refractivity (Wildman–Crippen MR) is 110 cm³/mol. The van der Waals surface area contributed by atoms with Crippen molar-refractivity contribution in [2.24, 2.45) is 5.73 Å². The number of nitrogens with zero attached hydrogens (tertiary/aromatic N) is 1. The third-order valence-electron chi connectivity index (χ3n) is 3.89. The Morgan fingerprint density at radius 3 is 2.63 bits per heavy atom. The third kappa shape index (κ3) is 6.34. The third-order valence-corrected chi connectivity index (χ3v) is 4.88. The molecule has 1 aromatic carbocycles. The van der Waals surface area contributed by atoms with E-state index in [1.165, 1.54) is 0 Å². The lowest BCUT2D eigenvalue weighted by Gasteiger charge is -2.09. The van der Waals surface area contributed by atoms with Crippen LogP contribution >= 0.6 is 11.3 Å². The van der Waals surface area contributed by atoms with E-state index in [2.05, 4.69) is 4.98 Å². The Balaban J connectivity index is 2.03. The van der Waals surface area contributed by atoms with Crippen LogP contribution in [0.25, 0.3) is 6.08 Å². The first-order chi connectivity index (χ1) is 12.9. The van der Waals surface area contributed by atoms with E-state index in [1.54, 1.807) is 38.4 Å². The second kappa shape index (κ2) is 10.0. The summed E-state index contributed by atoms with van der Waals surface area (Å²) in [5.74, 6) is 0.529. The Labute approximate surface area is 164 Å². The molecule has 0 aliphatic rings. The molecule has 0 fully saturated rings. The molecule has 6 heteroatoms. The van der Waals surface area contributed by atoms with Crippen LogP contribution < -0.4 is 10.5 Å². The van der Waals surface area contributed by atoms with Crippen LogP contribution in [-0.4, -0.2) is 24.7 Å². The van der Waals surface area contributed by atoms with E-state index in [9.17, 15) is 4.79 Å². The molecular formula is C21H26N2O3S. The summed E-state index contributed by atoms with van der Waals surface area (Å²) in [6.07, 6.45) is 4.44. The molecule has 1 aromatic heterocycles. The van der Waals surface area contributed by atoms with Crippen LogP contribution in [0.3, 0.4) is 0 Å². The summed E-state index contributed by atoms with van der Waals surface area (Å²) < 4.78 is 10.2. The first-order valence-electron chi connectivity index (χ1n) is 8.80. The Bertz CT molecular complexity index is 822. The Kier molecular flexibility index (Phi) is 7.76. The van der Waals surface area contributed by atoms with Crippen LogP contribution in [0.15, 0.2) is 46.9 Å². The van der Waals surface area contributed by atoms with E-state index >= 15 is 0 Å². The number of nitrogens with two attached hydrogens (primary N) is 1. The zero-order chi connectivity index (χ0) is 19.8. The van der Waals surface area contributed by atoms with E-state index in [0.717, 1.165) is 27.6 Å². The average Bonchev–Trinajstić information content (AvgIpc) is 3.11. The van der Waals surface area contributed by atoms with E-state index in [-0.39, 0.29) is 12.0 Å². The minimum atomic E-state index is -0.300. The van der Waals surface area contributed by atoms with Crippen LogP contribution in [0.4, 0.5) is 0 Å². The van der Waals surface area contributed by atoms with E-state index in [4.69, 9.17) is 15.2 Å². The number of carbonyl (C=O) groups is 1. The maximum Gasteiger partial charge on any atom is 0.333 e. The molecule has 2 rings (SSSR count). The molecule has 0 amide bonds. The summed E-state index contributed by atoms with van der Waals surface area (Å²) in [4.78, 5) is 16.3. The number of aromatic nitrogens is 1. The highest BCUT2D eigenvalue weighted by molar-refractivity contribution is 7.09. The van der Waals surface area contributed by atoms with Crippen molar-refractivity contribution in [3.8, 4) is 5.75 Å². The van der Waals surface area contributed by atoms with Crippen molar-refractivity contribution in [2.75, 3.05) is 13.7 Å². The second-order valence-corrected chi connectivity index (χ2v) is 7.10. The zero-order valence-electron chi connectivity index (χ0n) is 16.2. The summed E-state index contributed by atoms with van der Waals surface area (Å²) in [5.41, 5.74) is 9.79. The van der Waals surface area contributed by atoms with Crippen LogP contribution in [0.2, 0.25) is 0 Å². The summed E-state index contributed by atoms with van der Waals surface area (Å²) >= 11 is 1.54. The molecule has 144 valence electrons. The van der Waals surface area contributed by atoms with Gasteiger partial charge in [0.2, 0.25) is 0 Å². The molecule has 1 unspecified atom stereocenters. The van der Waals surface area contributed by atoms with Gasteiger partial charge < -0.3 is 15.2 Å². The lowest BCUT2D eigenvalue weighted by Crippen LogP contribution is -2.13. The quantitative estimate of drug-likeness (QED) is 0.416. The minimum Gasteiger partial charge on any atom is -0.497 e. The van der Waals surface area contributed by atoms with Crippen LogP contribution in [0.5, 0.6) is 5.75 Å². The van der Waals surface area contributed by atoms with E-state index < -0.39 is 0 Å². The summed E-state index contributed by atoms with van der Waals surface area (Å²) in [7, 11) is 1.65. The number of ether oxygens (including phenoxy) is 2. The molecule has 0 spiro atoms. The van der Waals surface area contributed by atoms with Gasteiger partial charge in [0.05, 0.1) is 25.5 Å². The first-order valence-corrected chi connectivity index (χ1v) is 9.68. The smallest absolute Gasteiger partial charge is 0.333 e. The van der Waals surface area contributed by atoms with E-state index in [1.807, 2.05) is 42.6 Å². The highest BCUT2D eigenvalue weighted by Gasteiger charge is 2.12. The van der Waals surface area contributed by atoms with Gasteiger partial charge in [0.25, 0.3) is 0 Å². The Hall–Kier alpha value is -2.44. The SMILES string of the molecule is CCOC(=O)/C(C)=C\C(C)=C\c1csc(C(N)Cc2ccc(OC)cc2)n1. The van der Waals surface area contributed by atoms with E-state index in [0.29, 0.717) is 18.6 Å². The number of methoxy groups -OCH3 is 1. The number of allylic oxidation sites excluding steroid dienone is 2. The molecule has 0 saturated carbocycles. The van der Waals surface area contributed by atoms with Crippen LogP contribution in [0, 0.1) is 0 Å². The van der Waals surface area contributed by atoms with Gasteiger partial charge in [-0.25, -0.2) is 9.78 Å². The molecule has 1 atom stereocenters. The fourth-order valence-electron chi connectivity index (χ4n) is 2.56. The molecule has 0 bridgehead atoms. The van der Waals surface area contributed by atoms with Gasteiger partial charge in [-0.2, -0.15) is 0 Å². The largest absolute Gasteiger partial charge is 0.497 e. The monoisotopic (exact) mass is 386 g/mol. The molecule has 0 aliphatic carbocycles. The highest BCUT2D eigenvalue weighted by atomic mass is 32.1. The molecule has 2 aromatic rings. The first kappa shape index (κ1) is 20.9. The minimum absolute atomic E-state index is 0.164. The molecule has 0 aliphatic heterocycles. The maximum atomic E-state index is 11.7. The van der Waals surface area contributed by atoms with Crippen molar-refractivity contribution in [1.82, 2.24) is 4.98 Å². The molecule has 27 heavy (non-hydrogen) atoms. The number of thiazole rings is 1. The lowest BCUT2D eigenvalue weighted by atomic mass is 10.1. The lowest BCUT2D eigenvalue weighted by molar-refractivity contribution is -0.138. The van der Waals surface area contributed by atoms with Crippen LogP contribution in [-0.2, 0) is 16.0 Å². The Morgan fingerprint density at radius 1 is 1.30 bits per heavy atom. The molecule has 2 N–H and O–H groups in total. The van der Waals surface area contributed by atoms with Crippen molar-refractivity contribution in [3.05, 3.63) is 63.1 Å². The fourth-order valence-corrected chi connectivity index (χ4v) is 3.34. The highest BCUT2D eigenvalue weighted by Crippen LogP contribution is 2.23. The normalized spacial score (nSPS) is 13.4. The number of esters is 1. The van der Waals surface area contributed by atoms with Crippen molar-refractivity contribution >= 4 is 23.4 Å². The van der Waals surface area contributed by atoms with Gasteiger partial charge in [-0.15, -0.1) is 11.3 Å². The fraction of sp³-hybridized carbons (Fsp3) is 0.333. The number of rotatable bonds is 8. The van der Waals surface area contributed by atoms with Crippen molar-refractivity contribution < 1.29 is 14.3 Å². The van der Waals surface area contributed by atoms with Gasteiger partial charge in [0, 0.05) is 11.0 Å². The van der Waals surface area contributed by atoms with Gasteiger partial charge in [-0.3, -0.25) is 0 Å². The standard InChI is InChI=1S/C21H26N2O3S/c1-5-26-21(24)15(3)10-14(2)11-17-13-27-20(23-17)19(22)12-16-6-8-18(25-4)9-7-16/h6-11,13,19H,5,12,22H2,1-4H3/b14-11+,15-10-. The van der Waals surface area contributed by atoms with Crippen molar-refractivity contribution in [1.29, 1.82) is 0 Å². The number of benzene rings is 1. The maximum absolute atomic E-state index is 11.7. The average molecular weight is 387 g/mol. The molecule has 0 radical (unpaired) electrons. The van der Waals surface area contributed by atoms with Gasteiger partial charge in [0.15, 0.2) is 0 Å². The number of hydrogen-bond donors (Lipinski definition) is 1. The molecule has 0 saturated heterocycles. The molecule has 5 nitrogen and oxygen atoms in total. The summed E-state index contributed by atoms with van der Waals surface area (Å²) in [6, 6.07) is 7.72. The summed E-state index contributed by atoms with van der Waals surface area (Å²) in [5, 5.41) is 2.86. The topological polar surface area (TPSA) is 74.4 Å².